The van der Waals surface area contributed by atoms with E-state index in [0.29, 0.717) is 29.1 Å². The third-order valence-electron chi connectivity index (χ3n) is 6.17. The predicted octanol–water partition coefficient (Wildman–Crippen LogP) is 3.18. The number of carbonyl (C=O) groups excluding carboxylic acids is 1. The van der Waals surface area contributed by atoms with Crippen molar-refractivity contribution in [3.8, 4) is 0 Å². The number of piperazine rings is 1. The van der Waals surface area contributed by atoms with Gasteiger partial charge in [0.05, 0.1) is 11.4 Å². The van der Waals surface area contributed by atoms with Crippen molar-refractivity contribution in [1.29, 1.82) is 0 Å². The predicted molar refractivity (Wildman–Crippen MR) is 124 cm³/mol. The van der Waals surface area contributed by atoms with Crippen molar-refractivity contribution in [3.05, 3.63) is 71.1 Å². The number of fused-ring (bicyclic) bond motifs is 2. The molecule has 4 heterocycles. The topological polar surface area (TPSA) is 71.8 Å². The number of nitrogens with zero attached hydrogens (tertiary/aromatic N) is 4. The maximum atomic E-state index is 12.9. The summed E-state index contributed by atoms with van der Waals surface area (Å²) in [6, 6.07) is 0.841. The van der Waals surface area contributed by atoms with E-state index in [2.05, 4.69) is 48.1 Å². The van der Waals surface area contributed by atoms with E-state index in [9.17, 15) is 4.79 Å². The monoisotopic (exact) mass is 431 g/mol. The Balaban J connectivity index is 1.46. The first-order valence-electron chi connectivity index (χ1n) is 11.3. The molecule has 1 fully saturated rings. The average Bonchev–Trinajstić information content (AvgIpc) is 3.04. The Morgan fingerprint density at radius 1 is 1.16 bits per heavy atom. The maximum absolute atomic E-state index is 12.9. The molecule has 1 N–H and O–H groups in total. The number of rotatable bonds is 3. The molecule has 3 aliphatic rings. The van der Waals surface area contributed by atoms with Gasteiger partial charge in [-0.2, -0.15) is 0 Å². The van der Waals surface area contributed by atoms with Crippen molar-refractivity contribution in [2.45, 2.75) is 46.2 Å². The lowest BCUT2D eigenvalue weighted by atomic mass is 9.95. The zero-order chi connectivity index (χ0) is 22.4. The standard InChI is InChI=1S/C25H29N5O2/c1-5-21-24-28-22(14-30(24)13-17(4)27-21)23-10-18-6-7-19(8-9-20(18)25(31)32-23)29-11-15(2)26-16(3)12-29/h6-10,13-16,18,26H,5,11-12H2,1-4H3/t15-,16+,18?. The van der Waals surface area contributed by atoms with Gasteiger partial charge in [0.15, 0.2) is 11.4 Å². The molecule has 3 atom stereocenters. The first-order chi connectivity index (χ1) is 15.4. The van der Waals surface area contributed by atoms with E-state index in [1.54, 1.807) is 0 Å². The highest BCUT2D eigenvalue weighted by Gasteiger charge is 2.30. The number of ether oxygens (including phenoxy) is 1. The van der Waals surface area contributed by atoms with Crippen LogP contribution in [-0.2, 0) is 16.0 Å². The number of aryl methyl sites for hydroxylation is 2. The number of carbonyl (C=O) groups is 1. The van der Waals surface area contributed by atoms with Gasteiger partial charge in [-0.3, -0.25) is 4.98 Å². The number of aromatic nitrogens is 3. The lowest BCUT2D eigenvalue weighted by Gasteiger charge is -2.38. The minimum absolute atomic E-state index is 0.145. The molecule has 1 saturated heterocycles. The molecular weight excluding hydrogens is 402 g/mol. The van der Waals surface area contributed by atoms with E-state index in [1.807, 2.05) is 41.9 Å². The molecule has 32 heavy (non-hydrogen) atoms. The highest BCUT2D eigenvalue weighted by Crippen LogP contribution is 2.32. The summed E-state index contributed by atoms with van der Waals surface area (Å²) in [5.74, 6) is 0.0323. The Bertz CT molecular complexity index is 1190. The number of esters is 1. The van der Waals surface area contributed by atoms with Gasteiger partial charge in [-0.1, -0.05) is 13.0 Å². The van der Waals surface area contributed by atoms with Crippen molar-refractivity contribution in [3.63, 3.8) is 0 Å². The Morgan fingerprint density at radius 2 is 1.94 bits per heavy atom. The zero-order valence-corrected chi connectivity index (χ0v) is 19.0. The third kappa shape index (κ3) is 3.77. The summed E-state index contributed by atoms with van der Waals surface area (Å²) < 4.78 is 7.68. The van der Waals surface area contributed by atoms with Crippen LogP contribution >= 0.6 is 0 Å². The fraction of sp³-hybridized carbons (Fsp3) is 0.400. The molecule has 0 saturated carbocycles. The zero-order valence-electron chi connectivity index (χ0n) is 19.0. The van der Waals surface area contributed by atoms with Crippen LogP contribution in [-0.4, -0.2) is 50.4 Å². The molecule has 0 bridgehead atoms. The average molecular weight is 432 g/mol. The van der Waals surface area contributed by atoms with Crippen LogP contribution in [0.3, 0.4) is 0 Å². The summed E-state index contributed by atoms with van der Waals surface area (Å²) >= 11 is 0. The molecular formula is C25H29N5O2. The van der Waals surface area contributed by atoms with Gasteiger partial charge in [-0.05, 0) is 51.5 Å². The first-order valence-corrected chi connectivity index (χ1v) is 11.3. The molecule has 0 amide bonds. The number of nitrogens with one attached hydrogen (secondary N) is 1. The van der Waals surface area contributed by atoms with Crippen LogP contribution in [0.2, 0.25) is 0 Å². The van der Waals surface area contributed by atoms with E-state index >= 15 is 0 Å². The molecule has 7 heteroatoms. The maximum Gasteiger partial charge on any atom is 0.340 e. The summed E-state index contributed by atoms with van der Waals surface area (Å²) in [6.45, 7) is 10.3. The number of hydrogen-bond acceptors (Lipinski definition) is 6. The molecule has 5 rings (SSSR count). The van der Waals surface area contributed by atoms with Crippen LogP contribution in [0.15, 0.2) is 54.0 Å². The minimum Gasteiger partial charge on any atom is -0.421 e. The van der Waals surface area contributed by atoms with E-state index in [4.69, 9.17) is 9.72 Å². The van der Waals surface area contributed by atoms with Gasteiger partial charge in [-0.25, -0.2) is 9.78 Å². The second kappa shape index (κ2) is 8.06. The molecule has 0 aromatic carbocycles. The first kappa shape index (κ1) is 20.7. The number of cyclic esters (lactones) is 1. The molecule has 2 aliphatic heterocycles. The van der Waals surface area contributed by atoms with Crippen molar-refractivity contribution in [1.82, 2.24) is 24.6 Å². The van der Waals surface area contributed by atoms with Gasteiger partial charge in [0, 0.05) is 54.8 Å². The lowest BCUT2D eigenvalue weighted by Crippen LogP contribution is -2.53. The summed E-state index contributed by atoms with van der Waals surface area (Å²) in [5.41, 5.74) is 5.08. The fourth-order valence-electron chi connectivity index (χ4n) is 4.79. The largest absolute Gasteiger partial charge is 0.421 e. The third-order valence-corrected chi connectivity index (χ3v) is 6.17. The normalized spacial score (nSPS) is 25.6. The SMILES string of the molecule is CCc1nc(C)cn2cc(C3=CC4C=CC(N5C[C@@H](C)N[C@@H](C)C5)=CC=C4C(=O)O3)nc12. The van der Waals surface area contributed by atoms with Gasteiger partial charge in [-0.15, -0.1) is 0 Å². The Morgan fingerprint density at radius 3 is 2.69 bits per heavy atom. The highest BCUT2D eigenvalue weighted by molar-refractivity contribution is 5.96. The van der Waals surface area contributed by atoms with Crippen LogP contribution in [0.4, 0.5) is 0 Å². The molecule has 7 nitrogen and oxygen atoms in total. The van der Waals surface area contributed by atoms with Gasteiger partial charge >= 0.3 is 5.97 Å². The summed E-state index contributed by atoms with van der Waals surface area (Å²) in [6.07, 6.45) is 14.8. The molecule has 0 radical (unpaired) electrons. The molecule has 1 unspecified atom stereocenters. The van der Waals surface area contributed by atoms with Gasteiger partial charge in [0.1, 0.15) is 5.69 Å². The van der Waals surface area contributed by atoms with E-state index in [-0.39, 0.29) is 11.9 Å². The van der Waals surface area contributed by atoms with Crippen LogP contribution in [0, 0.1) is 12.8 Å². The summed E-state index contributed by atoms with van der Waals surface area (Å²) in [5, 5.41) is 3.56. The van der Waals surface area contributed by atoms with Crippen LogP contribution < -0.4 is 5.32 Å². The van der Waals surface area contributed by atoms with Crippen LogP contribution in [0.1, 0.15) is 37.9 Å². The molecule has 0 spiro atoms. The minimum atomic E-state index is -0.321. The van der Waals surface area contributed by atoms with E-state index in [0.717, 1.165) is 42.2 Å². The molecule has 2 aromatic heterocycles. The van der Waals surface area contributed by atoms with Crippen molar-refractivity contribution in [2.24, 2.45) is 5.92 Å². The fourth-order valence-corrected chi connectivity index (χ4v) is 4.79. The second-order valence-electron chi connectivity index (χ2n) is 8.93. The molecule has 2 aromatic rings. The molecule has 1 aliphatic carbocycles. The Hall–Kier alpha value is -3.19. The number of imidazole rings is 1. The summed E-state index contributed by atoms with van der Waals surface area (Å²) in [7, 11) is 0. The number of hydrogen-bond donors (Lipinski definition) is 1. The number of allylic oxidation sites excluding steroid dienone is 5. The quantitative estimate of drug-likeness (QED) is 0.753. The second-order valence-corrected chi connectivity index (χ2v) is 8.93. The highest BCUT2D eigenvalue weighted by atomic mass is 16.5. The van der Waals surface area contributed by atoms with Crippen molar-refractivity contribution < 1.29 is 9.53 Å². The van der Waals surface area contributed by atoms with E-state index < -0.39 is 0 Å². The van der Waals surface area contributed by atoms with Crippen molar-refractivity contribution >= 4 is 17.4 Å². The van der Waals surface area contributed by atoms with Crippen molar-refractivity contribution in [2.75, 3.05) is 13.1 Å². The Kier molecular flexibility index (Phi) is 5.21. The lowest BCUT2D eigenvalue weighted by molar-refractivity contribution is -0.133. The molecule has 166 valence electrons. The van der Waals surface area contributed by atoms with Gasteiger partial charge in [0.25, 0.3) is 0 Å². The van der Waals surface area contributed by atoms with Crippen LogP contribution in [0.25, 0.3) is 11.4 Å². The van der Waals surface area contributed by atoms with E-state index in [1.165, 1.54) is 0 Å². The van der Waals surface area contributed by atoms with Gasteiger partial charge in [0.2, 0.25) is 0 Å². The van der Waals surface area contributed by atoms with Crippen LogP contribution in [0.5, 0.6) is 0 Å². The summed E-state index contributed by atoms with van der Waals surface area (Å²) in [4.78, 5) is 24.6. The Labute approximate surface area is 188 Å². The smallest absolute Gasteiger partial charge is 0.340 e. The van der Waals surface area contributed by atoms with Gasteiger partial charge < -0.3 is 19.4 Å².